The van der Waals surface area contributed by atoms with Gasteiger partial charge in [-0.1, -0.05) is 30.3 Å². The first-order chi connectivity index (χ1) is 9.35. The van der Waals surface area contributed by atoms with Crippen LogP contribution < -0.4 is 5.32 Å². The monoisotopic (exact) mass is 247 g/mol. The summed E-state index contributed by atoms with van der Waals surface area (Å²) in [6.45, 7) is 0. The quantitative estimate of drug-likeness (QED) is 0.695. The number of hydrogen-bond acceptors (Lipinski definition) is 2. The fraction of sp³-hybridized carbons (Fsp3) is 0. The third-order valence-corrected chi connectivity index (χ3v) is 3.08. The van der Waals surface area contributed by atoms with E-state index in [1.54, 1.807) is 12.1 Å². The molecule has 0 amide bonds. The standard InChI is InChI=1S/C17H13NO/c19-12-13-5-8-16(9-6-13)18-17-10-7-14-3-1-2-4-15(14)11-17/h1-12,18H. The molecule has 0 spiro atoms. The molecular formula is C17H13NO. The zero-order valence-corrected chi connectivity index (χ0v) is 10.3. The molecule has 0 saturated carbocycles. The first kappa shape index (κ1) is 11.5. The Bertz CT molecular complexity index is 717. The molecule has 2 heteroatoms. The van der Waals surface area contributed by atoms with Crippen LogP contribution in [0.3, 0.4) is 0 Å². The van der Waals surface area contributed by atoms with E-state index in [1.807, 2.05) is 24.3 Å². The van der Waals surface area contributed by atoms with E-state index in [0.29, 0.717) is 5.56 Å². The Kier molecular flexibility index (Phi) is 2.99. The van der Waals surface area contributed by atoms with Crippen molar-refractivity contribution >= 4 is 28.4 Å². The fourth-order valence-electron chi connectivity index (χ4n) is 2.08. The molecule has 0 aliphatic carbocycles. The average Bonchev–Trinajstić information content (AvgIpc) is 2.48. The van der Waals surface area contributed by atoms with Crippen molar-refractivity contribution in [2.45, 2.75) is 0 Å². The van der Waals surface area contributed by atoms with Crippen molar-refractivity contribution in [1.29, 1.82) is 0 Å². The Balaban J connectivity index is 1.89. The summed E-state index contributed by atoms with van der Waals surface area (Å²) in [4.78, 5) is 10.6. The first-order valence-electron chi connectivity index (χ1n) is 6.16. The zero-order valence-electron chi connectivity index (χ0n) is 10.3. The van der Waals surface area contributed by atoms with Crippen LogP contribution in [0.15, 0.2) is 66.7 Å². The Labute approximate surface area is 111 Å². The maximum Gasteiger partial charge on any atom is 0.150 e. The second-order valence-electron chi connectivity index (χ2n) is 4.43. The van der Waals surface area contributed by atoms with Crippen molar-refractivity contribution in [1.82, 2.24) is 0 Å². The number of carbonyl (C=O) groups is 1. The number of rotatable bonds is 3. The number of anilines is 2. The molecule has 0 saturated heterocycles. The number of benzene rings is 3. The van der Waals surface area contributed by atoms with Crippen molar-refractivity contribution in [2.75, 3.05) is 5.32 Å². The molecule has 2 nitrogen and oxygen atoms in total. The minimum absolute atomic E-state index is 0.684. The van der Waals surface area contributed by atoms with Crippen molar-refractivity contribution in [3.05, 3.63) is 72.3 Å². The van der Waals surface area contributed by atoms with E-state index in [0.717, 1.165) is 17.7 Å². The van der Waals surface area contributed by atoms with Gasteiger partial charge in [-0.05, 0) is 47.2 Å². The summed E-state index contributed by atoms with van der Waals surface area (Å²) < 4.78 is 0. The lowest BCUT2D eigenvalue weighted by atomic mass is 10.1. The predicted molar refractivity (Wildman–Crippen MR) is 79.1 cm³/mol. The summed E-state index contributed by atoms with van der Waals surface area (Å²) in [5.74, 6) is 0. The molecule has 0 atom stereocenters. The zero-order chi connectivity index (χ0) is 13.1. The molecule has 0 aliphatic rings. The van der Waals surface area contributed by atoms with Gasteiger partial charge in [-0.25, -0.2) is 0 Å². The molecule has 19 heavy (non-hydrogen) atoms. The van der Waals surface area contributed by atoms with Crippen LogP contribution in [0.1, 0.15) is 10.4 Å². The van der Waals surface area contributed by atoms with Gasteiger partial charge in [-0.3, -0.25) is 4.79 Å². The summed E-state index contributed by atoms with van der Waals surface area (Å²) in [5, 5.41) is 5.76. The second-order valence-corrected chi connectivity index (χ2v) is 4.43. The van der Waals surface area contributed by atoms with E-state index in [4.69, 9.17) is 0 Å². The van der Waals surface area contributed by atoms with Gasteiger partial charge in [0.05, 0.1) is 0 Å². The molecule has 3 aromatic rings. The van der Waals surface area contributed by atoms with Crippen molar-refractivity contribution < 1.29 is 4.79 Å². The molecule has 0 radical (unpaired) electrons. The Hall–Kier alpha value is -2.61. The molecule has 3 aromatic carbocycles. The van der Waals surface area contributed by atoms with E-state index in [1.165, 1.54) is 10.8 Å². The number of hydrogen-bond donors (Lipinski definition) is 1. The third-order valence-electron chi connectivity index (χ3n) is 3.08. The van der Waals surface area contributed by atoms with Crippen molar-refractivity contribution in [3.8, 4) is 0 Å². The lowest BCUT2D eigenvalue weighted by Gasteiger charge is -2.07. The van der Waals surface area contributed by atoms with Crippen LogP contribution in [0.2, 0.25) is 0 Å². The molecule has 0 heterocycles. The average molecular weight is 247 g/mol. The maximum atomic E-state index is 10.6. The summed E-state index contributed by atoms with van der Waals surface area (Å²) in [6, 6.07) is 21.9. The van der Waals surface area contributed by atoms with Crippen molar-refractivity contribution in [2.24, 2.45) is 0 Å². The van der Waals surface area contributed by atoms with Crippen molar-refractivity contribution in [3.63, 3.8) is 0 Å². The molecular weight excluding hydrogens is 234 g/mol. The van der Waals surface area contributed by atoms with Gasteiger partial charge in [-0.15, -0.1) is 0 Å². The topological polar surface area (TPSA) is 29.1 Å². The lowest BCUT2D eigenvalue weighted by molar-refractivity contribution is 0.112. The first-order valence-corrected chi connectivity index (χ1v) is 6.16. The highest BCUT2D eigenvalue weighted by molar-refractivity contribution is 5.86. The van der Waals surface area contributed by atoms with Gasteiger partial charge in [0.2, 0.25) is 0 Å². The van der Waals surface area contributed by atoms with E-state index >= 15 is 0 Å². The van der Waals surface area contributed by atoms with Gasteiger partial charge in [0.25, 0.3) is 0 Å². The molecule has 0 fully saturated rings. The Morgan fingerprint density at radius 3 is 2.16 bits per heavy atom. The minimum Gasteiger partial charge on any atom is -0.356 e. The summed E-state index contributed by atoms with van der Waals surface area (Å²) in [5.41, 5.74) is 2.70. The number of nitrogens with one attached hydrogen (secondary N) is 1. The van der Waals surface area contributed by atoms with Crippen LogP contribution in [-0.2, 0) is 0 Å². The summed E-state index contributed by atoms with van der Waals surface area (Å²) >= 11 is 0. The van der Waals surface area contributed by atoms with Gasteiger partial charge in [-0.2, -0.15) is 0 Å². The van der Waals surface area contributed by atoms with Crippen LogP contribution in [0.4, 0.5) is 11.4 Å². The molecule has 0 unspecified atom stereocenters. The van der Waals surface area contributed by atoms with Crippen LogP contribution in [0.25, 0.3) is 10.8 Å². The van der Waals surface area contributed by atoms with Gasteiger partial charge < -0.3 is 5.32 Å². The van der Waals surface area contributed by atoms with E-state index in [9.17, 15) is 4.79 Å². The van der Waals surface area contributed by atoms with Gasteiger partial charge in [0, 0.05) is 16.9 Å². The number of aldehydes is 1. The van der Waals surface area contributed by atoms with Crippen LogP contribution >= 0.6 is 0 Å². The molecule has 92 valence electrons. The maximum absolute atomic E-state index is 10.6. The highest BCUT2D eigenvalue weighted by atomic mass is 16.1. The summed E-state index contributed by atoms with van der Waals surface area (Å²) in [7, 11) is 0. The van der Waals surface area contributed by atoms with Crippen LogP contribution in [0.5, 0.6) is 0 Å². The molecule has 3 rings (SSSR count). The normalized spacial score (nSPS) is 10.3. The fourth-order valence-corrected chi connectivity index (χ4v) is 2.08. The molecule has 0 aromatic heterocycles. The second kappa shape index (κ2) is 4.94. The lowest BCUT2D eigenvalue weighted by Crippen LogP contribution is -1.90. The smallest absolute Gasteiger partial charge is 0.150 e. The number of carbonyl (C=O) groups excluding carboxylic acids is 1. The van der Waals surface area contributed by atoms with Crippen LogP contribution in [-0.4, -0.2) is 6.29 Å². The van der Waals surface area contributed by atoms with Gasteiger partial charge in [0.15, 0.2) is 0 Å². The largest absolute Gasteiger partial charge is 0.356 e. The van der Waals surface area contributed by atoms with E-state index in [2.05, 4.69) is 35.6 Å². The predicted octanol–water partition coefficient (Wildman–Crippen LogP) is 4.40. The highest BCUT2D eigenvalue weighted by Gasteiger charge is 1.97. The summed E-state index contributed by atoms with van der Waals surface area (Å²) in [6.07, 6.45) is 0.847. The van der Waals surface area contributed by atoms with E-state index < -0.39 is 0 Å². The van der Waals surface area contributed by atoms with E-state index in [-0.39, 0.29) is 0 Å². The third kappa shape index (κ3) is 2.47. The molecule has 1 N–H and O–H groups in total. The molecule has 0 bridgehead atoms. The van der Waals surface area contributed by atoms with Gasteiger partial charge in [0.1, 0.15) is 6.29 Å². The molecule has 0 aliphatic heterocycles. The van der Waals surface area contributed by atoms with Crippen LogP contribution in [0, 0.1) is 0 Å². The van der Waals surface area contributed by atoms with Gasteiger partial charge >= 0.3 is 0 Å². The minimum atomic E-state index is 0.684. The Morgan fingerprint density at radius 2 is 1.42 bits per heavy atom. The number of fused-ring (bicyclic) bond motifs is 1. The Morgan fingerprint density at radius 1 is 0.737 bits per heavy atom. The SMILES string of the molecule is O=Cc1ccc(Nc2ccc3ccccc3c2)cc1. The highest BCUT2D eigenvalue weighted by Crippen LogP contribution is 2.22.